The van der Waals surface area contributed by atoms with E-state index >= 15 is 0 Å². The van der Waals surface area contributed by atoms with E-state index in [1.807, 2.05) is 6.92 Å². The van der Waals surface area contributed by atoms with Crippen LogP contribution in [0.2, 0.25) is 10.0 Å². The molecule has 2 atom stereocenters. The average Bonchev–Trinajstić information content (AvgIpc) is 2.45. The number of carbonyl (C=O) groups excluding carboxylic acids is 1. The molecule has 0 aliphatic carbocycles. The molecule has 1 rings (SSSR count). The van der Waals surface area contributed by atoms with Gasteiger partial charge in [-0.25, -0.2) is 8.42 Å². The summed E-state index contributed by atoms with van der Waals surface area (Å²) < 4.78 is 31.8. The van der Waals surface area contributed by atoms with Crippen LogP contribution in [-0.4, -0.2) is 27.5 Å². The van der Waals surface area contributed by atoms with E-state index in [9.17, 15) is 13.2 Å². The van der Waals surface area contributed by atoms with Crippen LogP contribution in [0.15, 0.2) is 23.1 Å². The minimum Gasteiger partial charge on any atom is -0.468 e. The fraction of sp³-hybridized carbons (Fsp3) is 0.462. The molecule has 1 N–H and O–H groups in total. The van der Waals surface area contributed by atoms with Gasteiger partial charge in [-0.2, -0.15) is 4.72 Å². The second-order valence-electron chi connectivity index (χ2n) is 4.56. The maximum absolute atomic E-state index is 12.4. The fourth-order valence-corrected chi connectivity index (χ4v) is 3.74. The Balaban J connectivity index is 3.18. The summed E-state index contributed by atoms with van der Waals surface area (Å²) in [5, 5.41) is 0.0390. The third-order valence-corrected chi connectivity index (χ3v) is 5.57. The number of hydrogen-bond acceptors (Lipinski definition) is 4. The van der Waals surface area contributed by atoms with Crippen LogP contribution in [0.4, 0.5) is 0 Å². The lowest BCUT2D eigenvalue weighted by Gasteiger charge is -2.22. The zero-order valence-corrected chi connectivity index (χ0v) is 14.2. The van der Waals surface area contributed by atoms with Gasteiger partial charge in [-0.05, 0) is 18.1 Å². The van der Waals surface area contributed by atoms with Crippen molar-refractivity contribution >= 4 is 39.2 Å². The highest BCUT2D eigenvalue weighted by molar-refractivity contribution is 7.89. The first kappa shape index (κ1) is 18.2. The second kappa shape index (κ2) is 7.45. The molecule has 0 radical (unpaired) electrons. The van der Waals surface area contributed by atoms with E-state index in [0.717, 1.165) is 0 Å². The van der Waals surface area contributed by atoms with Crippen molar-refractivity contribution < 1.29 is 17.9 Å². The highest BCUT2D eigenvalue weighted by atomic mass is 35.5. The van der Waals surface area contributed by atoms with Gasteiger partial charge in [0.25, 0.3) is 0 Å². The lowest BCUT2D eigenvalue weighted by atomic mass is 10.0. The number of rotatable bonds is 6. The van der Waals surface area contributed by atoms with Gasteiger partial charge in [0, 0.05) is 0 Å². The van der Waals surface area contributed by atoms with Gasteiger partial charge in [-0.15, -0.1) is 0 Å². The van der Waals surface area contributed by atoms with Gasteiger partial charge in [-0.1, -0.05) is 49.5 Å². The largest absolute Gasteiger partial charge is 0.468 e. The van der Waals surface area contributed by atoms with Crippen molar-refractivity contribution in [2.45, 2.75) is 31.2 Å². The van der Waals surface area contributed by atoms with Crippen molar-refractivity contribution in [1.82, 2.24) is 4.72 Å². The molecule has 0 saturated heterocycles. The zero-order valence-electron chi connectivity index (χ0n) is 11.9. The van der Waals surface area contributed by atoms with Crippen LogP contribution < -0.4 is 4.72 Å². The van der Waals surface area contributed by atoms with Gasteiger partial charge in [0.05, 0.1) is 17.2 Å². The van der Waals surface area contributed by atoms with Crippen LogP contribution in [0, 0.1) is 5.92 Å². The van der Waals surface area contributed by atoms with Crippen LogP contribution >= 0.6 is 23.2 Å². The van der Waals surface area contributed by atoms with Crippen LogP contribution in [0.25, 0.3) is 0 Å². The van der Waals surface area contributed by atoms with Crippen molar-refractivity contribution in [3.05, 3.63) is 28.2 Å². The minimum absolute atomic E-state index is 0.0839. The molecule has 0 saturated carbocycles. The van der Waals surface area contributed by atoms with E-state index in [1.54, 1.807) is 6.92 Å². The Labute approximate surface area is 134 Å². The van der Waals surface area contributed by atoms with Crippen molar-refractivity contribution in [3.63, 3.8) is 0 Å². The topological polar surface area (TPSA) is 72.5 Å². The lowest BCUT2D eigenvalue weighted by Crippen LogP contribution is -2.45. The smallest absolute Gasteiger partial charge is 0.324 e. The highest BCUT2D eigenvalue weighted by Gasteiger charge is 2.31. The Hall–Kier alpha value is -0.820. The van der Waals surface area contributed by atoms with Gasteiger partial charge < -0.3 is 4.74 Å². The Bertz CT molecular complexity index is 619. The number of carbonyl (C=O) groups is 1. The molecule has 0 heterocycles. The summed E-state index contributed by atoms with van der Waals surface area (Å²) in [5.41, 5.74) is 0. The van der Waals surface area contributed by atoms with E-state index in [0.29, 0.717) is 6.42 Å². The second-order valence-corrected chi connectivity index (χ2v) is 7.03. The summed E-state index contributed by atoms with van der Waals surface area (Å²) in [6, 6.07) is 3.29. The molecular formula is C13H17Cl2NO4S. The van der Waals surface area contributed by atoms with Crippen LogP contribution in [0.1, 0.15) is 20.3 Å². The number of ether oxygens (including phenoxy) is 1. The first-order valence-corrected chi connectivity index (χ1v) is 8.52. The molecule has 0 bridgehead atoms. The fourth-order valence-electron chi connectivity index (χ4n) is 1.68. The van der Waals surface area contributed by atoms with Crippen molar-refractivity contribution in [1.29, 1.82) is 0 Å². The summed E-state index contributed by atoms with van der Waals surface area (Å²) in [7, 11) is -2.78. The van der Waals surface area contributed by atoms with Crippen LogP contribution in [0.5, 0.6) is 0 Å². The molecule has 0 aliphatic rings. The molecule has 1 aromatic rings. The van der Waals surface area contributed by atoms with Gasteiger partial charge in [0.15, 0.2) is 0 Å². The number of sulfonamides is 1. The third-order valence-electron chi connectivity index (χ3n) is 3.16. The molecular weight excluding hydrogens is 337 g/mol. The van der Waals surface area contributed by atoms with Crippen LogP contribution in [-0.2, 0) is 19.6 Å². The van der Waals surface area contributed by atoms with Crippen molar-refractivity contribution in [2.75, 3.05) is 7.11 Å². The van der Waals surface area contributed by atoms with Gasteiger partial charge in [-0.3, -0.25) is 4.79 Å². The highest BCUT2D eigenvalue weighted by Crippen LogP contribution is 2.29. The molecule has 8 heteroatoms. The number of benzene rings is 1. The van der Waals surface area contributed by atoms with Gasteiger partial charge in [0.1, 0.15) is 10.9 Å². The molecule has 118 valence electrons. The van der Waals surface area contributed by atoms with E-state index in [2.05, 4.69) is 9.46 Å². The van der Waals surface area contributed by atoms with Crippen molar-refractivity contribution in [3.8, 4) is 0 Å². The first-order valence-electron chi connectivity index (χ1n) is 6.28. The molecule has 0 fully saturated rings. The van der Waals surface area contributed by atoms with E-state index in [1.165, 1.54) is 25.3 Å². The standard InChI is InChI=1S/C13H17Cl2NO4S/c1-4-8(2)12(13(17)20-3)16-21(18,19)10-7-5-6-9(14)11(10)15/h5-8,12,16H,4H2,1-3H3/t8-,12-/m0/s1. The van der Waals surface area contributed by atoms with Crippen LogP contribution in [0.3, 0.4) is 0 Å². The molecule has 0 aliphatic heterocycles. The summed E-state index contributed by atoms with van der Waals surface area (Å²) in [6.07, 6.45) is 0.603. The molecule has 0 spiro atoms. The number of nitrogens with one attached hydrogen (secondary N) is 1. The van der Waals surface area contributed by atoms with E-state index < -0.39 is 22.0 Å². The Kier molecular flexibility index (Phi) is 6.46. The molecule has 0 unspecified atom stereocenters. The SMILES string of the molecule is CC[C@H](C)[C@H](NS(=O)(=O)c1cccc(Cl)c1Cl)C(=O)OC. The maximum Gasteiger partial charge on any atom is 0.324 e. The maximum atomic E-state index is 12.4. The quantitative estimate of drug-likeness (QED) is 0.798. The van der Waals surface area contributed by atoms with E-state index in [-0.39, 0.29) is 20.9 Å². The predicted octanol–water partition coefficient (Wildman–Crippen LogP) is 2.86. The summed E-state index contributed by atoms with van der Waals surface area (Å²) in [6.45, 7) is 3.60. The van der Waals surface area contributed by atoms with Gasteiger partial charge in [0.2, 0.25) is 10.0 Å². The molecule has 1 aromatic carbocycles. The normalized spacial score (nSPS) is 14.5. The first-order chi connectivity index (χ1) is 9.74. The Morgan fingerprint density at radius 2 is 2.00 bits per heavy atom. The average molecular weight is 354 g/mol. The number of methoxy groups -OCH3 is 1. The molecule has 0 amide bonds. The monoisotopic (exact) mass is 353 g/mol. The van der Waals surface area contributed by atoms with Crippen molar-refractivity contribution in [2.24, 2.45) is 5.92 Å². The molecule has 21 heavy (non-hydrogen) atoms. The summed E-state index contributed by atoms with van der Waals surface area (Å²) >= 11 is 11.7. The third kappa shape index (κ3) is 4.32. The molecule has 5 nitrogen and oxygen atoms in total. The number of esters is 1. The summed E-state index contributed by atoms with van der Waals surface area (Å²) in [5.74, 6) is -0.878. The zero-order chi connectivity index (χ0) is 16.2. The minimum atomic E-state index is -3.99. The molecule has 0 aromatic heterocycles. The number of hydrogen-bond donors (Lipinski definition) is 1. The van der Waals surface area contributed by atoms with E-state index in [4.69, 9.17) is 23.2 Å². The Morgan fingerprint density at radius 1 is 1.38 bits per heavy atom. The number of halogens is 2. The predicted molar refractivity (Wildman–Crippen MR) is 82.0 cm³/mol. The Morgan fingerprint density at radius 3 is 2.52 bits per heavy atom. The van der Waals surface area contributed by atoms with Gasteiger partial charge >= 0.3 is 5.97 Å². The summed E-state index contributed by atoms with van der Waals surface area (Å²) in [4.78, 5) is 11.6. The lowest BCUT2D eigenvalue weighted by molar-refractivity contribution is -0.143.